The zero-order valence-corrected chi connectivity index (χ0v) is 12.5. The first-order valence-electron chi connectivity index (χ1n) is 7.31. The van der Waals surface area contributed by atoms with Crippen LogP contribution in [0.3, 0.4) is 0 Å². The number of amides is 1. The Morgan fingerprint density at radius 2 is 2.00 bits per heavy atom. The Balaban J connectivity index is 1.58. The minimum absolute atomic E-state index is 0.0326. The van der Waals surface area contributed by atoms with E-state index in [4.69, 9.17) is 4.42 Å². The SMILES string of the molecule is O=C(NCc1nc2ccccc2o1)c1cnc2ccccn2c1=O. The number of pyridine rings is 1. The summed E-state index contributed by atoms with van der Waals surface area (Å²) in [6.07, 6.45) is 2.85. The Hall–Kier alpha value is -3.48. The Bertz CT molecular complexity index is 1080. The highest BCUT2D eigenvalue weighted by Crippen LogP contribution is 2.14. The maximum atomic E-state index is 12.3. The first-order valence-corrected chi connectivity index (χ1v) is 7.31. The van der Waals surface area contributed by atoms with Crippen LogP contribution >= 0.6 is 0 Å². The first kappa shape index (κ1) is 14.1. The molecule has 118 valence electrons. The highest BCUT2D eigenvalue weighted by Gasteiger charge is 2.14. The van der Waals surface area contributed by atoms with E-state index in [1.165, 1.54) is 10.6 Å². The molecule has 4 aromatic rings. The fourth-order valence-corrected chi connectivity index (χ4v) is 2.43. The van der Waals surface area contributed by atoms with Crippen LogP contribution in [0.1, 0.15) is 16.2 Å². The fourth-order valence-electron chi connectivity index (χ4n) is 2.43. The van der Waals surface area contributed by atoms with E-state index in [2.05, 4.69) is 15.3 Å². The molecule has 4 rings (SSSR count). The quantitative estimate of drug-likeness (QED) is 0.621. The molecule has 7 nitrogen and oxygen atoms in total. The van der Waals surface area contributed by atoms with E-state index >= 15 is 0 Å². The smallest absolute Gasteiger partial charge is 0.270 e. The predicted molar refractivity (Wildman–Crippen MR) is 86.6 cm³/mol. The molecule has 0 saturated carbocycles. The zero-order chi connectivity index (χ0) is 16.5. The van der Waals surface area contributed by atoms with Crippen LogP contribution in [0.2, 0.25) is 0 Å². The zero-order valence-electron chi connectivity index (χ0n) is 12.5. The monoisotopic (exact) mass is 320 g/mol. The van der Waals surface area contributed by atoms with Crippen molar-refractivity contribution in [3.8, 4) is 0 Å². The van der Waals surface area contributed by atoms with Gasteiger partial charge in [0.15, 0.2) is 5.58 Å². The first-order chi connectivity index (χ1) is 11.7. The van der Waals surface area contributed by atoms with Crippen molar-refractivity contribution in [1.82, 2.24) is 19.7 Å². The third-order valence-electron chi connectivity index (χ3n) is 3.60. The fraction of sp³-hybridized carbons (Fsp3) is 0.0588. The van der Waals surface area contributed by atoms with Crippen LogP contribution in [-0.2, 0) is 6.54 Å². The normalized spacial score (nSPS) is 11.0. The average molecular weight is 320 g/mol. The molecule has 7 heteroatoms. The summed E-state index contributed by atoms with van der Waals surface area (Å²) in [4.78, 5) is 33.0. The number of hydrogen-bond donors (Lipinski definition) is 1. The van der Waals surface area contributed by atoms with Gasteiger partial charge in [0.05, 0.1) is 6.54 Å². The molecule has 1 aromatic carbocycles. The molecular weight excluding hydrogens is 308 g/mol. The van der Waals surface area contributed by atoms with Gasteiger partial charge in [0.25, 0.3) is 11.5 Å². The maximum Gasteiger partial charge on any atom is 0.270 e. The van der Waals surface area contributed by atoms with Gasteiger partial charge in [-0.15, -0.1) is 0 Å². The molecule has 0 aliphatic carbocycles. The molecule has 0 bridgehead atoms. The van der Waals surface area contributed by atoms with Gasteiger partial charge in [-0.05, 0) is 24.3 Å². The number of rotatable bonds is 3. The van der Waals surface area contributed by atoms with Crippen LogP contribution in [0.15, 0.2) is 64.1 Å². The van der Waals surface area contributed by atoms with Crippen LogP contribution in [0, 0.1) is 0 Å². The van der Waals surface area contributed by atoms with Crippen molar-refractivity contribution >= 4 is 22.7 Å². The van der Waals surface area contributed by atoms with Crippen LogP contribution in [0.25, 0.3) is 16.7 Å². The molecule has 24 heavy (non-hydrogen) atoms. The minimum atomic E-state index is -0.520. The van der Waals surface area contributed by atoms with Crippen LogP contribution in [0.5, 0.6) is 0 Å². The van der Waals surface area contributed by atoms with E-state index in [-0.39, 0.29) is 12.1 Å². The number of carbonyl (C=O) groups is 1. The Morgan fingerprint density at radius 1 is 1.17 bits per heavy atom. The molecule has 3 aromatic heterocycles. The van der Waals surface area contributed by atoms with Gasteiger partial charge >= 0.3 is 0 Å². The Kier molecular flexibility index (Phi) is 3.31. The maximum absolute atomic E-state index is 12.3. The van der Waals surface area contributed by atoms with Crippen molar-refractivity contribution in [2.24, 2.45) is 0 Å². The van der Waals surface area contributed by atoms with E-state index in [9.17, 15) is 9.59 Å². The molecular formula is C17H12N4O3. The summed E-state index contributed by atoms with van der Waals surface area (Å²) >= 11 is 0. The number of hydrogen-bond acceptors (Lipinski definition) is 5. The van der Waals surface area contributed by atoms with Gasteiger partial charge in [0.1, 0.15) is 16.7 Å². The van der Waals surface area contributed by atoms with E-state index < -0.39 is 11.5 Å². The highest BCUT2D eigenvalue weighted by atomic mass is 16.3. The van der Waals surface area contributed by atoms with Crippen molar-refractivity contribution in [3.05, 3.63) is 76.7 Å². The third kappa shape index (κ3) is 2.41. The lowest BCUT2D eigenvalue weighted by Crippen LogP contribution is -2.31. The largest absolute Gasteiger partial charge is 0.439 e. The topological polar surface area (TPSA) is 89.5 Å². The van der Waals surface area contributed by atoms with Crippen LogP contribution < -0.4 is 10.9 Å². The average Bonchev–Trinajstić information content (AvgIpc) is 3.03. The van der Waals surface area contributed by atoms with E-state index in [1.807, 2.05) is 18.2 Å². The van der Waals surface area contributed by atoms with Crippen LogP contribution in [0.4, 0.5) is 0 Å². The van der Waals surface area contributed by atoms with Gasteiger partial charge < -0.3 is 9.73 Å². The lowest BCUT2D eigenvalue weighted by Gasteiger charge is -2.04. The van der Waals surface area contributed by atoms with E-state index in [1.54, 1.807) is 30.5 Å². The second kappa shape index (κ2) is 5.62. The third-order valence-corrected chi connectivity index (χ3v) is 3.60. The van der Waals surface area contributed by atoms with Gasteiger partial charge in [-0.2, -0.15) is 0 Å². The number of benzene rings is 1. The predicted octanol–water partition coefficient (Wildman–Crippen LogP) is 1.77. The Morgan fingerprint density at radius 3 is 2.88 bits per heavy atom. The molecule has 1 amide bonds. The number of nitrogens with one attached hydrogen (secondary N) is 1. The summed E-state index contributed by atoms with van der Waals surface area (Å²) in [6.45, 7) is 0.0877. The number of aromatic nitrogens is 3. The molecule has 0 atom stereocenters. The van der Waals surface area contributed by atoms with Gasteiger partial charge in [0, 0.05) is 12.4 Å². The van der Waals surface area contributed by atoms with Crippen molar-refractivity contribution < 1.29 is 9.21 Å². The summed E-state index contributed by atoms with van der Waals surface area (Å²) in [5.74, 6) is -0.147. The summed E-state index contributed by atoms with van der Waals surface area (Å²) in [7, 11) is 0. The number of carbonyl (C=O) groups excluding carboxylic acids is 1. The lowest BCUT2D eigenvalue weighted by atomic mass is 10.3. The highest BCUT2D eigenvalue weighted by molar-refractivity contribution is 5.93. The number of fused-ring (bicyclic) bond motifs is 2. The molecule has 0 fully saturated rings. The molecule has 1 N–H and O–H groups in total. The lowest BCUT2D eigenvalue weighted by molar-refractivity contribution is 0.0945. The van der Waals surface area contributed by atoms with E-state index in [0.717, 1.165) is 0 Å². The molecule has 0 aliphatic rings. The standard InChI is InChI=1S/C17H12N4O3/c22-16(11-9-18-14-7-3-4-8-21(14)17(11)23)19-10-15-20-12-5-1-2-6-13(12)24-15/h1-9H,10H2,(H,19,22). The number of para-hydroxylation sites is 2. The molecule has 0 saturated heterocycles. The van der Waals surface area contributed by atoms with Gasteiger partial charge in [0.2, 0.25) is 5.89 Å². The van der Waals surface area contributed by atoms with Crippen molar-refractivity contribution in [2.75, 3.05) is 0 Å². The van der Waals surface area contributed by atoms with Crippen molar-refractivity contribution in [3.63, 3.8) is 0 Å². The summed E-state index contributed by atoms with van der Waals surface area (Å²) in [5.41, 5.74) is 1.40. The molecule has 0 aliphatic heterocycles. The summed E-state index contributed by atoms with van der Waals surface area (Å²) in [5, 5.41) is 2.63. The summed E-state index contributed by atoms with van der Waals surface area (Å²) < 4.78 is 6.86. The van der Waals surface area contributed by atoms with Gasteiger partial charge in [-0.25, -0.2) is 9.97 Å². The number of nitrogens with zero attached hydrogens (tertiary/aromatic N) is 3. The summed E-state index contributed by atoms with van der Waals surface area (Å²) in [6, 6.07) is 12.5. The molecule has 0 spiro atoms. The second-order valence-electron chi connectivity index (χ2n) is 5.16. The molecule has 0 unspecified atom stereocenters. The minimum Gasteiger partial charge on any atom is -0.439 e. The van der Waals surface area contributed by atoms with Crippen LogP contribution in [-0.4, -0.2) is 20.3 Å². The molecule has 3 heterocycles. The van der Waals surface area contributed by atoms with E-state index in [0.29, 0.717) is 22.6 Å². The molecule has 0 radical (unpaired) electrons. The van der Waals surface area contributed by atoms with Crippen molar-refractivity contribution in [2.45, 2.75) is 6.54 Å². The van der Waals surface area contributed by atoms with Gasteiger partial charge in [-0.1, -0.05) is 18.2 Å². The Labute approximate surface area is 135 Å². The van der Waals surface area contributed by atoms with Crippen molar-refractivity contribution in [1.29, 1.82) is 0 Å². The van der Waals surface area contributed by atoms with Gasteiger partial charge in [-0.3, -0.25) is 14.0 Å². The second-order valence-corrected chi connectivity index (χ2v) is 5.16. The number of oxazole rings is 1.